The molecule has 1 aromatic carbocycles. The number of rotatable bonds is 1. The lowest BCUT2D eigenvalue weighted by atomic mass is 9.96. The van der Waals surface area contributed by atoms with Gasteiger partial charge in [-0.2, -0.15) is 0 Å². The van der Waals surface area contributed by atoms with Gasteiger partial charge in [0.2, 0.25) is 0 Å². The van der Waals surface area contributed by atoms with Crippen molar-refractivity contribution in [2.24, 2.45) is 5.92 Å². The van der Waals surface area contributed by atoms with E-state index in [4.69, 9.17) is 4.74 Å². The quantitative estimate of drug-likeness (QED) is 0.746. The summed E-state index contributed by atoms with van der Waals surface area (Å²) in [6, 6.07) is 6.47. The molecule has 0 N–H and O–H groups in total. The molecule has 1 aliphatic heterocycles. The van der Waals surface area contributed by atoms with Gasteiger partial charge < -0.3 is 9.64 Å². The first-order chi connectivity index (χ1) is 7.29. The van der Waals surface area contributed by atoms with Gasteiger partial charge in [-0.15, -0.1) is 12.4 Å². The number of nitrogens with zero attached hydrogens (tertiary/aromatic N) is 1. The maximum atomic E-state index is 5.48. The normalized spacial score (nSPS) is 27.1. The lowest BCUT2D eigenvalue weighted by Gasteiger charge is -2.14. The second kappa shape index (κ2) is 4.27. The Balaban J connectivity index is 0.000000963. The maximum absolute atomic E-state index is 5.48. The van der Waals surface area contributed by atoms with E-state index >= 15 is 0 Å². The van der Waals surface area contributed by atoms with Gasteiger partial charge in [-0.3, -0.25) is 0 Å². The predicted octanol–water partition coefficient (Wildman–Crippen LogP) is 2.32. The number of hydrogen-bond acceptors (Lipinski definition) is 2. The molecule has 1 saturated heterocycles. The van der Waals surface area contributed by atoms with Crippen LogP contribution >= 0.6 is 12.4 Å². The maximum Gasteiger partial charge on any atom is 0.122 e. The molecule has 88 valence electrons. The predicted molar refractivity (Wildman–Crippen MR) is 67.7 cm³/mol. The smallest absolute Gasteiger partial charge is 0.122 e. The largest absolute Gasteiger partial charge is 0.496 e. The molecule has 3 heteroatoms. The van der Waals surface area contributed by atoms with E-state index in [0.29, 0.717) is 5.92 Å². The summed E-state index contributed by atoms with van der Waals surface area (Å²) in [5, 5.41) is 0. The number of methoxy groups -OCH3 is 1. The van der Waals surface area contributed by atoms with Crippen molar-refractivity contribution in [2.75, 3.05) is 27.2 Å². The van der Waals surface area contributed by atoms with Crippen LogP contribution in [0.2, 0.25) is 0 Å². The van der Waals surface area contributed by atoms with Crippen LogP contribution in [0.3, 0.4) is 0 Å². The van der Waals surface area contributed by atoms with E-state index in [0.717, 1.165) is 11.7 Å². The summed E-state index contributed by atoms with van der Waals surface area (Å²) in [5.74, 6) is 2.62. The molecule has 1 heterocycles. The number of likely N-dealkylation sites (N-methyl/N-ethyl adjacent to an activating group) is 1. The Labute approximate surface area is 103 Å². The van der Waals surface area contributed by atoms with Gasteiger partial charge >= 0.3 is 0 Å². The Hall–Kier alpha value is -0.730. The topological polar surface area (TPSA) is 12.5 Å². The molecule has 2 unspecified atom stereocenters. The summed E-state index contributed by atoms with van der Waals surface area (Å²) in [5.41, 5.74) is 2.99. The number of halogens is 1. The number of benzene rings is 1. The van der Waals surface area contributed by atoms with Crippen molar-refractivity contribution in [2.45, 2.75) is 12.3 Å². The van der Waals surface area contributed by atoms with Crippen LogP contribution in [0, 0.1) is 5.92 Å². The fraction of sp³-hybridized carbons (Fsp3) is 0.538. The van der Waals surface area contributed by atoms with Crippen molar-refractivity contribution in [1.29, 1.82) is 0 Å². The first-order valence-electron chi connectivity index (χ1n) is 5.64. The molecule has 2 atom stereocenters. The van der Waals surface area contributed by atoms with Crippen molar-refractivity contribution in [3.63, 3.8) is 0 Å². The molecule has 2 nitrogen and oxygen atoms in total. The van der Waals surface area contributed by atoms with Crippen LogP contribution < -0.4 is 4.74 Å². The average Bonchev–Trinajstić information content (AvgIpc) is 2.72. The molecule has 0 spiro atoms. The van der Waals surface area contributed by atoms with E-state index in [1.165, 1.54) is 30.6 Å². The zero-order valence-corrected chi connectivity index (χ0v) is 10.6. The molecular formula is C13H18ClNO. The van der Waals surface area contributed by atoms with Gasteiger partial charge in [0.15, 0.2) is 0 Å². The fourth-order valence-corrected chi connectivity index (χ4v) is 3.27. The molecule has 0 amide bonds. The Kier molecular flexibility index (Phi) is 3.13. The summed E-state index contributed by atoms with van der Waals surface area (Å²) >= 11 is 0. The summed E-state index contributed by atoms with van der Waals surface area (Å²) in [4.78, 5) is 2.44. The van der Waals surface area contributed by atoms with Crippen molar-refractivity contribution in [1.82, 2.24) is 4.90 Å². The van der Waals surface area contributed by atoms with Crippen molar-refractivity contribution in [3.8, 4) is 5.75 Å². The van der Waals surface area contributed by atoms with Gasteiger partial charge in [0, 0.05) is 24.6 Å². The highest BCUT2D eigenvalue weighted by atomic mass is 35.5. The Bertz CT molecular complexity index is 394. The molecule has 1 aliphatic carbocycles. The van der Waals surface area contributed by atoms with Crippen LogP contribution in [0.1, 0.15) is 17.0 Å². The third kappa shape index (κ3) is 1.61. The number of hydrogen-bond donors (Lipinski definition) is 0. The minimum absolute atomic E-state index is 0. The third-order valence-corrected chi connectivity index (χ3v) is 3.85. The Morgan fingerprint density at radius 1 is 1.31 bits per heavy atom. The van der Waals surface area contributed by atoms with E-state index in [1.807, 2.05) is 0 Å². The molecule has 16 heavy (non-hydrogen) atoms. The molecule has 3 rings (SSSR count). The van der Waals surface area contributed by atoms with Crippen LogP contribution in [0.15, 0.2) is 18.2 Å². The molecule has 1 fully saturated rings. The first-order valence-corrected chi connectivity index (χ1v) is 5.64. The van der Waals surface area contributed by atoms with Crippen molar-refractivity contribution in [3.05, 3.63) is 29.3 Å². The highest BCUT2D eigenvalue weighted by Gasteiger charge is 2.40. The number of ether oxygens (including phenoxy) is 1. The lowest BCUT2D eigenvalue weighted by molar-refractivity contribution is 0.389. The monoisotopic (exact) mass is 239 g/mol. The Morgan fingerprint density at radius 2 is 2.12 bits per heavy atom. The minimum atomic E-state index is 0. The summed E-state index contributed by atoms with van der Waals surface area (Å²) in [7, 11) is 4.00. The SMILES string of the molecule is COc1cccc2c1C1CN(C)CC1C2.Cl. The van der Waals surface area contributed by atoms with Gasteiger partial charge in [-0.05, 0) is 31.0 Å². The van der Waals surface area contributed by atoms with Gasteiger partial charge in [-0.1, -0.05) is 12.1 Å². The number of likely N-dealkylation sites (tertiary alicyclic amines) is 1. The lowest BCUT2D eigenvalue weighted by Crippen LogP contribution is -2.15. The first kappa shape index (κ1) is 11.7. The fourth-order valence-electron chi connectivity index (χ4n) is 3.27. The molecular weight excluding hydrogens is 222 g/mol. The third-order valence-electron chi connectivity index (χ3n) is 3.85. The van der Waals surface area contributed by atoms with Crippen LogP contribution in [-0.2, 0) is 6.42 Å². The van der Waals surface area contributed by atoms with Crippen LogP contribution in [0.5, 0.6) is 5.75 Å². The number of fused-ring (bicyclic) bond motifs is 3. The van der Waals surface area contributed by atoms with Gasteiger partial charge in [0.05, 0.1) is 7.11 Å². The molecule has 1 aromatic rings. The minimum Gasteiger partial charge on any atom is -0.496 e. The summed E-state index contributed by atoms with van der Waals surface area (Å²) < 4.78 is 5.48. The second-order valence-corrected chi connectivity index (χ2v) is 4.82. The molecule has 2 aliphatic rings. The van der Waals surface area contributed by atoms with Crippen LogP contribution in [-0.4, -0.2) is 32.1 Å². The van der Waals surface area contributed by atoms with Gasteiger partial charge in [0.1, 0.15) is 5.75 Å². The highest BCUT2D eigenvalue weighted by Crippen LogP contribution is 2.46. The second-order valence-electron chi connectivity index (χ2n) is 4.82. The summed E-state index contributed by atoms with van der Waals surface area (Å²) in [6.45, 7) is 2.43. The molecule has 0 saturated carbocycles. The summed E-state index contributed by atoms with van der Waals surface area (Å²) in [6.07, 6.45) is 1.24. The molecule has 0 radical (unpaired) electrons. The van der Waals surface area contributed by atoms with E-state index in [1.54, 1.807) is 7.11 Å². The van der Waals surface area contributed by atoms with Gasteiger partial charge in [0.25, 0.3) is 0 Å². The van der Waals surface area contributed by atoms with E-state index in [9.17, 15) is 0 Å². The van der Waals surface area contributed by atoms with Crippen LogP contribution in [0.4, 0.5) is 0 Å². The van der Waals surface area contributed by atoms with Crippen molar-refractivity contribution < 1.29 is 4.74 Å². The molecule has 0 bridgehead atoms. The van der Waals surface area contributed by atoms with E-state index in [-0.39, 0.29) is 12.4 Å². The van der Waals surface area contributed by atoms with Crippen molar-refractivity contribution >= 4 is 12.4 Å². The standard InChI is InChI=1S/C13H17NO.ClH/c1-14-7-10-6-9-4-3-5-12(15-2)13(9)11(10)8-14;/h3-5,10-11H,6-8H2,1-2H3;1H. The average molecular weight is 240 g/mol. The zero-order chi connectivity index (χ0) is 10.4. The Morgan fingerprint density at radius 3 is 2.88 bits per heavy atom. The van der Waals surface area contributed by atoms with Gasteiger partial charge in [-0.25, -0.2) is 0 Å². The molecule has 0 aromatic heterocycles. The van der Waals surface area contributed by atoms with Crippen LogP contribution in [0.25, 0.3) is 0 Å². The van der Waals surface area contributed by atoms with E-state index < -0.39 is 0 Å². The highest BCUT2D eigenvalue weighted by molar-refractivity contribution is 5.85. The zero-order valence-electron chi connectivity index (χ0n) is 9.77. The van der Waals surface area contributed by atoms with E-state index in [2.05, 4.69) is 30.1 Å².